The van der Waals surface area contributed by atoms with Gasteiger partial charge in [-0.1, -0.05) is 34.6 Å². The SMILES string of the molecule is CC(C)c1cc(C(C)(C)C)cs1. The Bertz CT molecular complexity index is 250. The van der Waals surface area contributed by atoms with Crippen LogP contribution in [0.25, 0.3) is 0 Å². The first kappa shape index (κ1) is 9.79. The lowest BCUT2D eigenvalue weighted by Gasteiger charge is -2.15. The first-order chi connectivity index (χ1) is 5.41. The quantitative estimate of drug-likeness (QED) is 0.611. The molecule has 1 rings (SSSR count). The van der Waals surface area contributed by atoms with Gasteiger partial charge < -0.3 is 0 Å². The third-order valence-corrected chi connectivity index (χ3v) is 3.29. The molecule has 0 aliphatic heterocycles. The van der Waals surface area contributed by atoms with Crippen LogP contribution >= 0.6 is 11.3 Å². The fourth-order valence-corrected chi connectivity index (χ4v) is 2.20. The van der Waals surface area contributed by atoms with Crippen molar-refractivity contribution in [1.82, 2.24) is 0 Å². The maximum absolute atomic E-state index is 2.34. The van der Waals surface area contributed by atoms with Crippen LogP contribution in [0.2, 0.25) is 0 Å². The van der Waals surface area contributed by atoms with Crippen molar-refractivity contribution in [2.24, 2.45) is 0 Å². The second-order valence-corrected chi connectivity index (χ2v) is 5.59. The first-order valence-corrected chi connectivity index (χ1v) is 5.38. The van der Waals surface area contributed by atoms with Gasteiger partial charge in [0.05, 0.1) is 0 Å². The normalized spacial score (nSPS) is 12.5. The van der Waals surface area contributed by atoms with Crippen molar-refractivity contribution in [3.8, 4) is 0 Å². The maximum Gasteiger partial charge on any atom is 0.00737 e. The van der Waals surface area contributed by atoms with E-state index in [1.165, 1.54) is 10.4 Å². The summed E-state index contributed by atoms with van der Waals surface area (Å²) in [4.78, 5) is 1.50. The van der Waals surface area contributed by atoms with Crippen LogP contribution in [0, 0.1) is 0 Å². The van der Waals surface area contributed by atoms with E-state index in [1.807, 2.05) is 11.3 Å². The molecule has 1 heterocycles. The van der Waals surface area contributed by atoms with Gasteiger partial charge in [-0.05, 0) is 28.3 Å². The summed E-state index contributed by atoms with van der Waals surface area (Å²) in [6, 6.07) is 2.34. The van der Waals surface area contributed by atoms with Crippen molar-refractivity contribution in [1.29, 1.82) is 0 Å². The molecule has 0 N–H and O–H groups in total. The molecule has 1 heteroatoms. The van der Waals surface area contributed by atoms with Gasteiger partial charge in [0, 0.05) is 4.88 Å². The smallest absolute Gasteiger partial charge is 0.00737 e. The molecule has 0 amide bonds. The van der Waals surface area contributed by atoms with E-state index in [0.29, 0.717) is 11.3 Å². The van der Waals surface area contributed by atoms with Crippen molar-refractivity contribution in [2.75, 3.05) is 0 Å². The van der Waals surface area contributed by atoms with Gasteiger partial charge in [0.15, 0.2) is 0 Å². The van der Waals surface area contributed by atoms with Gasteiger partial charge in [0.1, 0.15) is 0 Å². The molecular weight excluding hydrogens is 164 g/mol. The van der Waals surface area contributed by atoms with Crippen molar-refractivity contribution in [2.45, 2.75) is 46.0 Å². The predicted octanol–water partition coefficient (Wildman–Crippen LogP) is 4.17. The molecule has 0 aliphatic rings. The van der Waals surface area contributed by atoms with E-state index in [4.69, 9.17) is 0 Å². The van der Waals surface area contributed by atoms with Gasteiger partial charge in [0.2, 0.25) is 0 Å². The lowest BCUT2D eigenvalue weighted by Crippen LogP contribution is -2.09. The minimum absolute atomic E-state index is 0.309. The highest BCUT2D eigenvalue weighted by Crippen LogP contribution is 2.30. The summed E-state index contributed by atoms with van der Waals surface area (Å²) in [7, 11) is 0. The summed E-state index contributed by atoms with van der Waals surface area (Å²) in [6.45, 7) is 11.3. The molecule has 0 unspecified atom stereocenters. The predicted molar refractivity (Wildman–Crippen MR) is 57.1 cm³/mol. The molecule has 0 atom stereocenters. The van der Waals surface area contributed by atoms with E-state index in [1.54, 1.807) is 0 Å². The lowest BCUT2D eigenvalue weighted by molar-refractivity contribution is 0.592. The van der Waals surface area contributed by atoms with Gasteiger partial charge in [-0.15, -0.1) is 11.3 Å². The standard InChI is InChI=1S/C11H18S/c1-8(2)10-6-9(7-12-10)11(3,4)5/h6-8H,1-5H3. The Kier molecular flexibility index (Phi) is 2.62. The molecule has 0 saturated heterocycles. The zero-order valence-electron chi connectivity index (χ0n) is 8.64. The Morgan fingerprint density at radius 2 is 1.83 bits per heavy atom. The molecule has 68 valence electrons. The van der Waals surface area contributed by atoms with E-state index in [-0.39, 0.29) is 0 Å². The molecular formula is C11H18S. The Balaban J connectivity index is 2.92. The Morgan fingerprint density at radius 3 is 2.08 bits per heavy atom. The number of hydrogen-bond donors (Lipinski definition) is 0. The average molecular weight is 182 g/mol. The minimum atomic E-state index is 0.309. The van der Waals surface area contributed by atoms with E-state index >= 15 is 0 Å². The van der Waals surface area contributed by atoms with E-state index in [0.717, 1.165) is 0 Å². The highest BCUT2D eigenvalue weighted by Gasteiger charge is 2.15. The monoisotopic (exact) mass is 182 g/mol. The van der Waals surface area contributed by atoms with Gasteiger partial charge in [-0.25, -0.2) is 0 Å². The van der Waals surface area contributed by atoms with Crippen LogP contribution in [0.1, 0.15) is 51.0 Å². The molecule has 1 aromatic rings. The molecule has 0 aromatic carbocycles. The minimum Gasteiger partial charge on any atom is -0.148 e. The highest BCUT2D eigenvalue weighted by molar-refractivity contribution is 7.10. The van der Waals surface area contributed by atoms with Crippen LogP contribution in [-0.4, -0.2) is 0 Å². The molecule has 12 heavy (non-hydrogen) atoms. The molecule has 0 fully saturated rings. The largest absolute Gasteiger partial charge is 0.148 e. The van der Waals surface area contributed by atoms with Crippen LogP contribution in [0.5, 0.6) is 0 Å². The van der Waals surface area contributed by atoms with Crippen molar-refractivity contribution in [3.05, 3.63) is 21.9 Å². The fraction of sp³-hybridized carbons (Fsp3) is 0.636. The van der Waals surface area contributed by atoms with E-state index in [2.05, 4.69) is 46.1 Å². The summed E-state index contributed by atoms with van der Waals surface area (Å²) in [6.07, 6.45) is 0. The topological polar surface area (TPSA) is 0 Å². The van der Waals surface area contributed by atoms with Crippen LogP contribution in [0.3, 0.4) is 0 Å². The Morgan fingerprint density at radius 1 is 1.25 bits per heavy atom. The lowest BCUT2D eigenvalue weighted by atomic mass is 9.89. The van der Waals surface area contributed by atoms with Gasteiger partial charge in [0.25, 0.3) is 0 Å². The summed E-state index contributed by atoms with van der Waals surface area (Å²) in [5.41, 5.74) is 1.78. The number of hydrogen-bond acceptors (Lipinski definition) is 1. The van der Waals surface area contributed by atoms with E-state index in [9.17, 15) is 0 Å². The molecule has 0 nitrogen and oxygen atoms in total. The third-order valence-electron chi connectivity index (χ3n) is 2.05. The highest BCUT2D eigenvalue weighted by atomic mass is 32.1. The molecule has 1 aromatic heterocycles. The van der Waals surface area contributed by atoms with Gasteiger partial charge in [-0.3, -0.25) is 0 Å². The maximum atomic E-state index is 2.34. The molecule has 0 aliphatic carbocycles. The average Bonchev–Trinajstić information content (AvgIpc) is 2.30. The second-order valence-electron chi connectivity index (χ2n) is 4.64. The number of rotatable bonds is 1. The zero-order chi connectivity index (χ0) is 9.35. The van der Waals surface area contributed by atoms with E-state index < -0.39 is 0 Å². The van der Waals surface area contributed by atoms with Gasteiger partial charge >= 0.3 is 0 Å². The van der Waals surface area contributed by atoms with Gasteiger partial charge in [-0.2, -0.15) is 0 Å². The Hall–Kier alpha value is -0.300. The Labute approximate surface area is 79.6 Å². The summed E-state index contributed by atoms with van der Waals surface area (Å²) < 4.78 is 0. The summed E-state index contributed by atoms with van der Waals surface area (Å²) >= 11 is 1.88. The van der Waals surface area contributed by atoms with Crippen LogP contribution < -0.4 is 0 Å². The zero-order valence-corrected chi connectivity index (χ0v) is 9.46. The van der Waals surface area contributed by atoms with Crippen LogP contribution in [-0.2, 0) is 5.41 Å². The molecule has 0 spiro atoms. The van der Waals surface area contributed by atoms with Crippen LogP contribution in [0.4, 0.5) is 0 Å². The summed E-state index contributed by atoms with van der Waals surface area (Å²) in [5, 5.41) is 2.29. The van der Waals surface area contributed by atoms with Crippen LogP contribution in [0.15, 0.2) is 11.4 Å². The molecule has 0 bridgehead atoms. The number of thiophene rings is 1. The van der Waals surface area contributed by atoms with Crippen molar-refractivity contribution in [3.63, 3.8) is 0 Å². The van der Waals surface area contributed by atoms with Crippen molar-refractivity contribution >= 4 is 11.3 Å². The molecule has 0 radical (unpaired) electrons. The summed E-state index contributed by atoms with van der Waals surface area (Å²) in [5.74, 6) is 0.672. The molecule has 0 saturated carbocycles. The van der Waals surface area contributed by atoms with Crippen molar-refractivity contribution < 1.29 is 0 Å². The second kappa shape index (κ2) is 3.21. The first-order valence-electron chi connectivity index (χ1n) is 4.50. The fourth-order valence-electron chi connectivity index (χ4n) is 1.05. The third kappa shape index (κ3) is 2.10.